The quantitative estimate of drug-likeness (QED) is 0.165. The fourth-order valence-corrected chi connectivity index (χ4v) is 8.18. The molecule has 0 aliphatic rings. The third-order valence-electron chi connectivity index (χ3n) is 9.49. The summed E-state index contributed by atoms with van der Waals surface area (Å²) in [5, 5.41) is 2.58. The molecule has 1 aromatic heterocycles. The summed E-state index contributed by atoms with van der Waals surface area (Å²) in [6, 6.07) is 72.4. The Morgan fingerprint density at radius 2 is 0.780 bits per heavy atom. The predicted molar refractivity (Wildman–Crippen MR) is 216 cm³/mol. The molecule has 0 radical (unpaired) electrons. The molecule has 8 aromatic carbocycles. The molecule has 0 bridgehead atoms. The van der Waals surface area contributed by atoms with Crippen LogP contribution in [0.25, 0.3) is 64.7 Å². The molecule has 9 aromatic rings. The highest BCUT2D eigenvalue weighted by atomic mass is 32.1. The Morgan fingerprint density at radius 3 is 1.36 bits per heavy atom. The maximum absolute atomic E-state index is 2.43. The van der Waals surface area contributed by atoms with E-state index in [1.807, 2.05) is 11.3 Å². The van der Waals surface area contributed by atoms with Crippen LogP contribution in [0.5, 0.6) is 0 Å². The van der Waals surface area contributed by atoms with E-state index < -0.39 is 0 Å². The summed E-state index contributed by atoms with van der Waals surface area (Å²) < 4.78 is 2.58. The number of rotatable bonds is 7. The standard InChI is InChI=1S/C48H33NS/c1-4-13-34(14-5-1)37-23-27-41(28-24-37)49(42-29-25-38(26-30-42)35-15-6-2-7-16-35)44-31-32-46-48(43-21-10-11-22-45(43)50-46)47(44)40-20-12-19-39(33-40)36-17-8-3-9-18-36/h1-33H. The first-order chi connectivity index (χ1) is 24.8. The van der Waals surface area contributed by atoms with Crippen molar-refractivity contribution in [1.29, 1.82) is 0 Å². The average Bonchev–Trinajstić information content (AvgIpc) is 3.58. The Balaban J connectivity index is 1.29. The van der Waals surface area contributed by atoms with Gasteiger partial charge in [0.2, 0.25) is 0 Å². The van der Waals surface area contributed by atoms with Gasteiger partial charge in [0.1, 0.15) is 0 Å². The van der Waals surface area contributed by atoms with Crippen molar-refractivity contribution >= 4 is 48.6 Å². The molecule has 0 saturated carbocycles. The third kappa shape index (κ3) is 5.56. The molecule has 2 heteroatoms. The lowest BCUT2D eigenvalue weighted by molar-refractivity contribution is 1.29. The molecule has 9 rings (SSSR count). The van der Waals surface area contributed by atoms with Gasteiger partial charge in [0, 0.05) is 37.1 Å². The largest absolute Gasteiger partial charge is 0.310 e. The van der Waals surface area contributed by atoms with Gasteiger partial charge in [-0.3, -0.25) is 0 Å². The van der Waals surface area contributed by atoms with Gasteiger partial charge in [-0.05, 0) is 87.5 Å². The normalized spacial score (nSPS) is 11.2. The van der Waals surface area contributed by atoms with Crippen molar-refractivity contribution in [3.8, 4) is 44.5 Å². The van der Waals surface area contributed by atoms with Crippen LogP contribution < -0.4 is 4.90 Å². The molecule has 0 saturated heterocycles. The molecular weight excluding hydrogens is 623 g/mol. The van der Waals surface area contributed by atoms with Crippen LogP contribution in [-0.4, -0.2) is 0 Å². The van der Waals surface area contributed by atoms with Crippen LogP contribution in [0.1, 0.15) is 0 Å². The van der Waals surface area contributed by atoms with Crippen molar-refractivity contribution in [2.45, 2.75) is 0 Å². The molecule has 0 amide bonds. The van der Waals surface area contributed by atoms with E-state index in [0.29, 0.717) is 0 Å². The summed E-state index contributed by atoms with van der Waals surface area (Å²) in [5.41, 5.74) is 13.0. The Kier molecular flexibility index (Phi) is 7.77. The molecule has 50 heavy (non-hydrogen) atoms. The van der Waals surface area contributed by atoms with Crippen LogP contribution in [0.3, 0.4) is 0 Å². The summed E-state index contributed by atoms with van der Waals surface area (Å²) in [7, 11) is 0. The Morgan fingerprint density at radius 1 is 0.320 bits per heavy atom. The zero-order valence-corrected chi connectivity index (χ0v) is 28.2. The summed E-state index contributed by atoms with van der Waals surface area (Å²) >= 11 is 1.86. The lowest BCUT2D eigenvalue weighted by Gasteiger charge is -2.29. The molecule has 0 N–H and O–H groups in total. The van der Waals surface area contributed by atoms with Gasteiger partial charge < -0.3 is 4.90 Å². The van der Waals surface area contributed by atoms with Crippen LogP contribution in [0, 0.1) is 0 Å². The first-order valence-electron chi connectivity index (χ1n) is 17.0. The number of fused-ring (bicyclic) bond motifs is 3. The van der Waals surface area contributed by atoms with Gasteiger partial charge in [-0.25, -0.2) is 0 Å². The fraction of sp³-hybridized carbons (Fsp3) is 0. The molecular formula is C48H33NS. The van der Waals surface area contributed by atoms with E-state index in [0.717, 1.165) is 17.1 Å². The van der Waals surface area contributed by atoms with Gasteiger partial charge in [0.05, 0.1) is 5.69 Å². The first-order valence-corrected chi connectivity index (χ1v) is 17.8. The van der Waals surface area contributed by atoms with Crippen molar-refractivity contribution < 1.29 is 0 Å². The number of hydrogen-bond donors (Lipinski definition) is 0. The van der Waals surface area contributed by atoms with Crippen molar-refractivity contribution in [3.63, 3.8) is 0 Å². The number of nitrogens with zero attached hydrogens (tertiary/aromatic N) is 1. The van der Waals surface area contributed by atoms with E-state index in [1.165, 1.54) is 64.7 Å². The molecule has 0 spiro atoms. The summed E-state index contributed by atoms with van der Waals surface area (Å²) in [5.74, 6) is 0. The first kappa shape index (κ1) is 29.9. The minimum atomic E-state index is 1.11. The van der Waals surface area contributed by atoms with Gasteiger partial charge in [0.15, 0.2) is 0 Å². The molecule has 1 nitrogen and oxygen atoms in total. The number of anilines is 3. The molecule has 0 unspecified atom stereocenters. The molecule has 0 aliphatic carbocycles. The van der Waals surface area contributed by atoms with Crippen molar-refractivity contribution in [2.75, 3.05) is 4.90 Å². The molecule has 0 aliphatic heterocycles. The van der Waals surface area contributed by atoms with E-state index in [1.54, 1.807) is 0 Å². The third-order valence-corrected chi connectivity index (χ3v) is 10.6. The van der Waals surface area contributed by atoms with E-state index >= 15 is 0 Å². The van der Waals surface area contributed by atoms with E-state index in [4.69, 9.17) is 0 Å². The zero-order chi connectivity index (χ0) is 33.3. The maximum Gasteiger partial charge on any atom is 0.0547 e. The summed E-state index contributed by atoms with van der Waals surface area (Å²) in [4.78, 5) is 2.43. The lowest BCUT2D eigenvalue weighted by atomic mass is 9.93. The van der Waals surface area contributed by atoms with Crippen molar-refractivity contribution in [1.82, 2.24) is 0 Å². The number of hydrogen-bond acceptors (Lipinski definition) is 2. The highest BCUT2D eigenvalue weighted by Crippen LogP contribution is 2.49. The molecule has 1 heterocycles. The SMILES string of the molecule is c1ccc(-c2ccc(N(c3ccc(-c4ccccc4)cc3)c3ccc4sc5ccccc5c4c3-c3cccc(-c4ccccc4)c3)cc2)cc1. The van der Waals surface area contributed by atoms with E-state index in [-0.39, 0.29) is 0 Å². The minimum absolute atomic E-state index is 1.11. The van der Waals surface area contributed by atoms with Gasteiger partial charge in [-0.2, -0.15) is 0 Å². The highest BCUT2D eigenvalue weighted by Gasteiger charge is 2.22. The average molecular weight is 656 g/mol. The highest BCUT2D eigenvalue weighted by molar-refractivity contribution is 7.26. The molecule has 236 valence electrons. The number of benzene rings is 8. The molecule has 0 atom stereocenters. The van der Waals surface area contributed by atoms with Crippen molar-refractivity contribution in [2.24, 2.45) is 0 Å². The van der Waals surface area contributed by atoms with Gasteiger partial charge in [-0.1, -0.05) is 152 Å². The Labute approximate surface area is 297 Å². The van der Waals surface area contributed by atoms with Crippen LogP contribution >= 0.6 is 11.3 Å². The topological polar surface area (TPSA) is 3.24 Å². The fourth-order valence-electron chi connectivity index (χ4n) is 7.06. The van der Waals surface area contributed by atoms with Gasteiger partial charge in [0.25, 0.3) is 0 Å². The zero-order valence-electron chi connectivity index (χ0n) is 27.4. The van der Waals surface area contributed by atoms with Gasteiger partial charge in [-0.15, -0.1) is 11.3 Å². The second kappa shape index (κ2) is 13.0. The van der Waals surface area contributed by atoms with Crippen LogP contribution in [0.15, 0.2) is 200 Å². The smallest absolute Gasteiger partial charge is 0.0547 e. The van der Waals surface area contributed by atoms with Crippen LogP contribution in [0.4, 0.5) is 17.1 Å². The Bertz CT molecular complexity index is 2470. The second-order valence-corrected chi connectivity index (χ2v) is 13.6. The van der Waals surface area contributed by atoms with E-state index in [2.05, 4.69) is 205 Å². The minimum Gasteiger partial charge on any atom is -0.310 e. The van der Waals surface area contributed by atoms with Gasteiger partial charge >= 0.3 is 0 Å². The summed E-state index contributed by atoms with van der Waals surface area (Å²) in [6.45, 7) is 0. The predicted octanol–water partition coefficient (Wildman–Crippen LogP) is 14.2. The maximum atomic E-state index is 2.43. The molecule has 0 fully saturated rings. The lowest BCUT2D eigenvalue weighted by Crippen LogP contribution is -2.11. The van der Waals surface area contributed by atoms with Crippen LogP contribution in [0.2, 0.25) is 0 Å². The number of thiophene rings is 1. The monoisotopic (exact) mass is 655 g/mol. The van der Waals surface area contributed by atoms with Crippen molar-refractivity contribution in [3.05, 3.63) is 200 Å². The second-order valence-electron chi connectivity index (χ2n) is 12.5. The summed E-state index contributed by atoms with van der Waals surface area (Å²) in [6.07, 6.45) is 0. The Hall–Kier alpha value is -6.22. The van der Waals surface area contributed by atoms with E-state index in [9.17, 15) is 0 Å². The van der Waals surface area contributed by atoms with Crippen LogP contribution in [-0.2, 0) is 0 Å².